The number of nitrogens with one attached hydrogen (secondary N) is 1. The summed E-state index contributed by atoms with van der Waals surface area (Å²) in [7, 11) is 0. The quantitative estimate of drug-likeness (QED) is 0.824. The van der Waals surface area contributed by atoms with Gasteiger partial charge < -0.3 is 10.1 Å². The first kappa shape index (κ1) is 12.6. The third-order valence-corrected chi connectivity index (χ3v) is 3.17. The SMILES string of the molecule is CCOC(=O)C1NC(=O)CC1c1ccc(C)cc1. The van der Waals surface area contributed by atoms with Crippen molar-refractivity contribution in [1.29, 1.82) is 0 Å². The predicted octanol–water partition coefficient (Wildman–Crippen LogP) is 1.53. The minimum atomic E-state index is -0.555. The summed E-state index contributed by atoms with van der Waals surface area (Å²) in [6.07, 6.45) is 0.340. The van der Waals surface area contributed by atoms with E-state index in [1.165, 1.54) is 0 Å². The zero-order chi connectivity index (χ0) is 13.1. The standard InChI is InChI=1S/C14H17NO3/c1-3-18-14(17)13-11(8-12(16)15-13)10-6-4-9(2)5-7-10/h4-7,11,13H,3,8H2,1-2H3,(H,15,16). The molecule has 4 nitrogen and oxygen atoms in total. The Balaban J connectivity index is 2.21. The van der Waals surface area contributed by atoms with Gasteiger partial charge in [0, 0.05) is 12.3 Å². The Morgan fingerprint density at radius 2 is 2.06 bits per heavy atom. The normalized spacial score (nSPS) is 22.7. The third-order valence-electron chi connectivity index (χ3n) is 3.17. The monoisotopic (exact) mass is 247 g/mol. The van der Waals surface area contributed by atoms with Crippen LogP contribution in [-0.2, 0) is 14.3 Å². The minimum Gasteiger partial charge on any atom is -0.464 e. The van der Waals surface area contributed by atoms with E-state index in [0.717, 1.165) is 11.1 Å². The maximum atomic E-state index is 11.8. The molecule has 1 aliphatic heterocycles. The van der Waals surface area contributed by atoms with Crippen LogP contribution in [0.5, 0.6) is 0 Å². The molecule has 2 rings (SSSR count). The van der Waals surface area contributed by atoms with Crippen molar-refractivity contribution in [3.05, 3.63) is 35.4 Å². The number of amides is 1. The van der Waals surface area contributed by atoms with Crippen LogP contribution in [0.3, 0.4) is 0 Å². The summed E-state index contributed by atoms with van der Waals surface area (Å²) in [6.45, 7) is 4.09. The summed E-state index contributed by atoms with van der Waals surface area (Å²) >= 11 is 0. The Morgan fingerprint density at radius 3 is 2.67 bits per heavy atom. The fourth-order valence-corrected chi connectivity index (χ4v) is 2.23. The fraction of sp³-hybridized carbons (Fsp3) is 0.429. The van der Waals surface area contributed by atoms with E-state index in [0.29, 0.717) is 13.0 Å². The molecule has 0 bridgehead atoms. The second-order valence-electron chi connectivity index (χ2n) is 4.52. The van der Waals surface area contributed by atoms with Crippen molar-refractivity contribution in [3.8, 4) is 0 Å². The van der Waals surface area contributed by atoms with E-state index in [1.807, 2.05) is 31.2 Å². The number of hydrogen-bond donors (Lipinski definition) is 1. The zero-order valence-electron chi connectivity index (χ0n) is 10.6. The lowest BCUT2D eigenvalue weighted by atomic mass is 9.91. The van der Waals surface area contributed by atoms with E-state index < -0.39 is 6.04 Å². The molecular formula is C14H17NO3. The van der Waals surface area contributed by atoms with Gasteiger partial charge in [0.2, 0.25) is 5.91 Å². The minimum absolute atomic E-state index is 0.0985. The Hall–Kier alpha value is -1.84. The molecule has 0 aromatic heterocycles. The van der Waals surface area contributed by atoms with Crippen molar-refractivity contribution in [2.24, 2.45) is 0 Å². The molecule has 1 aromatic rings. The molecule has 1 amide bonds. The van der Waals surface area contributed by atoms with Gasteiger partial charge in [-0.3, -0.25) is 4.79 Å². The summed E-state index contributed by atoms with van der Waals surface area (Å²) in [6, 6.07) is 7.35. The smallest absolute Gasteiger partial charge is 0.329 e. The van der Waals surface area contributed by atoms with Crippen molar-refractivity contribution in [1.82, 2.24) is 5.32 Å². The molecule has 0 saturated carbocycles. The molecule has 1 aliphatic rings. The van der Waals surface area contributed by atoms with Crippen LogP contribution in [0, 0.1) is 6.92 Å². The van der Waals surface area contributed by atoms with Gasteiger partial charge in [0.05, 0.1) is 6.61 Å². The van der Waals surface area contributed by atoms with Crippen molar-refractivity contribution in [2.45, 2.75) is 32.2 Å². The van der Waals surface area contributed by atoms with Gasteiger partial charge in [-0.15, -0.1) is 0 Å². The maximum absolute atomic E-state index is 11.8. The summed E-state index contributed by atoms with van der Waals surface area (Å²) in [5, 5.41) is 2.69. The first-order valence-electron chi connectivity index (χ1n) is 6.14. The van der Waals surface area contributed by atoms with E-state index in [9.17, 15) is 9.59 Å². The number of esters is 1. The topological polar surface area (TPSA) is 55.4 Å². The van der Waals surface area contributed by atoms with Gasteiger partial charge in [0.15, 0.2) is 0 Å². The highest BCUT2D eigenvalue weighted by Crippen LogP contribution is 2.29. The van der Waals surface area contributed by atoms with Crippen molar-refractivity contribution in [3.63, 3.8) is 0 Å². The first-order valence-corrected chi connectivity index (χ1v) is 6.14. The average Bonchev–Trinajstić information content (AvgIpc) is 2.73. The van der Waals surface area contributed by atoms with Crippen LogP contribution in [0.25, 0.3) is 0 Å². The molecule has 96 valence electrons. The number of hydrogen-bond acceptors (Lipinski definition) is 3. The Morgan fingerprint density at radius 1 is 1.39 bits per heavy atom. The molecule has 0 aliphatic carbocycles. The lowest BCUT2D eigenvalue weighted by molar-refractivity contribution is -0.146. The summed E-state index contributed by atoms with van der Waals surface area (Å²) in [5.41, 5.74) is 2.15. The number of aryl methyl sites for hydroxylation is 1. The molecule has 1 fully saturated rings. The Labute approximate surface area is 106 Å². The molecule has 1 heterocycles. The molecule has 1 saturated heterocycles. The fourth-order valence-electron chi connectivity index (χ4n) is 2.23. The van der Waals surface area contributed by atoms with Crippen LogP contribution >= 0.6 is 0 Å². The molecular weight excluding hydrogens is 230 g/mol. The van der Waals surface area contributed by atoms with Crippen LogP contribution in [-0.4, -0.2) is 24.5 Å². The van der Waals surface area contributed by atoms with Crippen molar-refractivity contribution in [2.75, 3.05) is 6.61 Å². The van der Waals surface area contributed by atoms with Gasteiger partial charge >= 0.3 is 5.97 Å². The highest BCUT2D eigenvalue weighted by Gasteiger charge is 2.39. The third kappa shape index (κ3) is 2.53. The summed E-state index contributed by atoms with van der Waals surface area (Å²) < 4.78 is 5.00. The van der Waals surface area contributed by atoms with E-state index in [-0.39, 0.29) is 17.8 Å². The highest BCUT2D eigenvalue weighted by atomic mass is 16.5. The number of benzene rings is 1. The predicted molar refractivity (Wildman–Crippen MR) is 67.1 cm³/mol. The highest BCUT2D eigenvalue weighted by molar-refractivity contribution is 5.90. The van der Waals surface area contributed by atoms with E-state index >= 15 is 0 Å². The largest absolute Gasteiger partial charge is 0.464 e. The maximum Gasteiger partial charge on any atom is 0.329 e. The van der Waals surface area contributed by atoms with Gasteiger partial charge in [-0.05, 0) is 19.4 Å². The molecule has 2 atom stereocenters. The van der Waals surface area contributed by atoms with E-state index in [1.54, 1.807) is 6.92 Å². The Kier molecular flexibility index (Phi) is 3.65. The van der Waals surface area contributed by atoms with Crippen molar-refractivity contribution < 1.29 is 14.3 Å². The van der Waals surface area contributed by atoms with Crippen molar-refractivity contribution >= 4 is 11.9 Å². The first-order chi connectivity index (χ1) is 8.61. The lowest BCUT2D eigenvalue weighted by Crippen LogP contribution is -2.37. The van der Waals surface area contributed by atoms with Gasteiger partial charge in [0.1, 0.15) is 6.04 Å². The average molecular weight is 247 g/mol. The number of carbonyl (C=O) groups is 2. The summed E-state index contributed by atoms with van der Waals surface area (Å²) in [4.78, 5) is 23.3. The second kappa shape index (κ2) is 5.21. The van der Waals surface area contributed by atoms with Gasteiger partial charge in [-0.1, -0.05) is 29.8 Å². The van der Waals surface area contributed by atoms with Crippen LogP contribution in [0.4, 0.5) is 0 Å². The number of ether oxygens (including phenoxy) is 1. The number of carbonyl (C=O) groups excluding carboxylic acids is 2. The van der Waals surface area contributed by atoms with E-state index in [2.05, 4.69) is 5.32 Å². The van der Waals surface area contributed by atoms with Gasteiger partial charge in [-0.25, -0.2) is 4.79 Å². The van der Waals surface area contributed by atoms with Crippen LogP contribution in [0.15, 0.2) is 24.3 Å². The van der Waals surface area contributed by atoms with Crippen LogP contribution in [0.2, 0.25) is 0 Å². The Bertz CT molecular complexity index is 453. The van der Waals surface area contributed by atoms with Crippen LogP contribution in [0.1, 0.15) is 30.4 Å². The molecule has 18 heavy (non-hydrogen) atoms. The van der Waals surface area contributed by atoms with Gasteiger partial charge in [-0.2, -0.15) is 0 Å². The molecule has 1 N–H and O–H groups in total. The van der Waals surface area contributed by atoms with Gasteiger partial charge in [0.25, 0.3) is 0 Å². The molecule has 4 heteroatoms. The lowest BCUT2D eigenvalue weighted by Gasteiger charge is -2.17. The molecule has 1 aromatic carbocycles. The zero-order valence-corrected chi connectivity index (χ0v) is 10.6. The molecule has 0 spiro atoms. The van der Waals surface area contributed by atoms with Crippen LogP contribution < -0.4 is 5.32 Å². The summed E-state index contributed by atoms with van der Waals surface area (Å²) in [5.74, 6) is -0.579. The number of rotatable bonds is 3. The molecule has 0 radical (unpaired) electrons. The second-order valence-corrected chi connectivity index (χ2v) is 4.52. The molecule has 2 unspecified atom stereocenters. The van der Waals surface area contributed by atoms with E-state index in [4.69, 9.17) is 4.74 Å².